The van der Waals surface area contributed by atoms with Gasteiger partial charge in [0.15, 0.2) is 0 Å². The topological polar surface area (TPSA) is 58.2 Å². The third-order valence-electron chi connectivity index (χ3n) is 1.55. The second kappa shape index (κ2) is 6.77. The van der Waals surface area contributed by atoms with Gasteiger partial charge in [0.2, 0.25) is 11.8 Å². The van der Waals surface area contributed by atoms with Crippen LogP contribution >= 0.6 is 11.8 Å². The van der Waals surface area contributed by atoms with Gasteiger partial charge in [-0.3, -0.25) is 9.59 Å². The first-order valence-corrected chi connectivity index (χ1v) is 5.55. The van der Waals surface area contributed by atoms with Gasteiger partial charge >= 0.3 is 0 Å². The second-order valence-corrected chi connectivity index (χ2v) is 3.45. The first kappa shape index (κ1) is 12.3. The van der Waals surface area contributed by atoms with Gasteiger partial charge in [0.05, 0.1) is 0 Å². The van der Waals surface area contributed by atoms with Gasteiger partial charge in [-0.25, -0.2) is 0 Å². The van der Waals surface area contributed by atoms with Crippen LogP contribution in [0, 0.1) is 0 Å². The van der Waals surface area contributed by atoms with Crippen molar-refractivity contribution in [2.24, 2.45) is 0 Å². The smallest absolute Gasteiger partial charge is 0.243 e. The molecule has 0 saturated carbocycles. The van der Waals surface area contributed by atoms with Crippen LogP contribution in [0.3, 0.4) is 0 Å². The first-order valence-electron chi connectivity index (χ1n) is 4.15. The van der Waals surface area contributed by atoms with Crippen molar-refractivity contribution >= 4 is 23.6 Å². The molecule has 4 nitrogen and oxygen atoms in total. The molecular weight excluding hydrogens is 188 g/mol. The van der Waals surface area contributed by atoms with Crippen LogP contribution in [0.5, 0.6) is 0 Å². The minimum absolute atomic E-state index is 0.0948. The Morgan fingerprint density at radius 3 is 2.46 bits per heavy atom. The number of rotatable bonds is 5. The van der Waals surface area contributed by atoms with Crippen molar-refractivity contribution in [2.45, 2.75) is 19.4 Å². The summed E-state index contributed by atoms with van der Waals surface area (Å²) in [6.45, 7) is 1.76. The van der Waals surface area contributed by atoms with Crippen LogP contribution < -0.4 is 10.6 Å². The first-order chi connectivity index (χ1) is 6.15. The molecule has 5 heteroatoms. The van der Waals surface area contributed by atoms with E-state index in [0.717, 1.165) is 0 Å². The minimum Gasteiger partial charge on any atom is -0.357 e. The SMILES string of the molecule is CCC(=O)NC(CSC)C(=O)NC. The van der Waals surface area contributed by atoms with E-state index in [0.29, 0.717) is 12.2 Å². The van der Waals surface area contributed by atoms with Gasteiger partial charge in [-0.05, 0) is 6.26 Å². The molecule has 0 aromatic carbocycles. The summed E-state index contributed by atoms with van der Waals surface area (Å²) in [5.74, 6) is 0.365. The number of amides is 2. The van der Waals surface area contributed by atoms with Gasteiger partial charge < -0.3 is 10.6 Å². The minimum atomic E-state index is -0.410. The molecular formula is C8H16N2O2S. The van der Waals surface area contributed by atoms with Crippen molar-refractivity contribution in [1.82, 2.24) is 10.6 Å². The summed E-state index contributed by atoms with van der Waals surface area (Å²) in [6.07, 6.45) is 2.30. The average molecular weight is 204 g/mol. The molecule has 0 rings (SSSR count). The van der Waals surface area contributed by atoms with Crippen molar-refractivity contribution in [3.8, 4) is 0 Å². The van der Waals surface area contributed by atoms with Gasteiger partial charge in [-0.2, -0.15) is 11.8 Å². The molecule has 13 heavy (non-hydrogen) atoms. The Bertz CT molecular complexity index is 185. The molecule has 2 amide bonds. The zero-order chi connectivity index (χ0) is 10.3. The fraction of sp³-hybridized carbons (Fsp3) is 0.750. The van der Waals surface area contributed by atoms with Gasteiger partial charge in [0.25, 0.3) is 0 Å². The van der Waals surface area contributed by atoms with E-state index < -0.39 is 6.04 Å². The van der Waals surface area contributed by atoms with Gasteiger partial charge in [0.1, 0.15) is 6.04 Å². The van der Waals surface area contributed by atoms with Crippen LogP contribution in [-0.2, 0) is 9.59 Å². The van der Waals surface area contributed by atoms with E-state index in [1.54, 1.807) is 14.0 Å². The second-order valence-electron chi connectivity index (χ2n) is 2.54. The fourth-order valence-corrected chi connectivity index (χ4v) is 1.39. The lowest BCUT2D eigenvalue weighted by Gasteiger charge is -2.15. The van der Waals surface area contributed by atoms with Crippen LogP contribution in [0.15, 0.2) is 0 Å². The summed E-state index contributed by atoms with van der Waals surface area (Å²) < 4.78 is 0. The maximum atomic E-state index is 11.2. The molecule has 0 spiro atoms. The third kappa shape index (κ3) is 4.77. The molecule has 1 atom stereocenters. The zero-order valence-corrected chi connectivity index (χ0v) is 9.03. The molecule has 0 aromatic heterocycles. The lowest BCUT2D eigenvalue weighted by Crippen LogP contribution is -2.47. The quantitative estimate of drug-likeness (QED) is 0.662. The van der Waals surface area contributed by atoms with E-state index in [1.165, 1.54) is 11.8 Å². The highest BCUT2D eigenvalue weighted by atomic mass is 32.2. The van der Waals surface area contributed by atoms with Crippen LogP contribution in [0.25, 0.3) is 0 Å². The standard InChI is InChI=1S/C8H16N2O2S/c1-4-7(11)10-6(5-13-3)8(12)9-2/h6H,4-5H2,1-3H3,(H,9,12)(H,10,11). The number of hydrogen-bond acceptors (Lipinski definition) is 3. The summed E-state index contributed by atoms with van der Waals surface area (Å²) >= 11 is 1.53. The van der Waals surface area contributed by atoms with Crippen LogP contribution in [-0.4, -0.2) is 36.9 Å². The van der Waals surface area contributed by atoms with Crippen LogP contribution in [0.1, 0.15) is 13.3 Å². The Morgan fingerprint density at radius 2 is 2.08 bits per heavy atom. The number of hydrogen-bond donors (Lipinski definition) is 2. The maximum Gasteiger partial charge on any atom is 0.243 e. The fourth-order valence-electron chi connectivity index (χ4n) is 0.820. The average Bonchev–Trinajstić information content (AvgIpc) is 2.15. The van der Waals surface area contributed by atoms with Crippen molar-refractivity contribution < 1.29 is 9.59 Å². The molecule has 0 bridgehead atoms. The highest BCUT2D eigenvalue weighted by molar-refractivity contribution is 7.98. The largest absolute Gasteiger partial charge is 0.357 e. The highest BCUT2D eigenvalue weighted by Crippen LogP contribution is 1.97. The molecule has 0 aliphatic rings. The van der Waals surface area contributed by atoms with Gasteiger partial charge in [-0.1, -0.05) is 6.92 Å². The molecule has 0 aliphatic carbocycles. The molecule has 0 fully saturated rings. The van der Waals surface area contributed by atoms with E-state index in [9.17, 15) is 9.59 Å². The van der Waals surface area contributed by atoms with E-state index >= 15 is 0 Å². The lowest BCUT2D eigenvalue weighted by atomic mass is 10.3. The van der Waals surface area contributed by atoms with Crippen molar-refractivity contribution in [1.29, 1.82) is 0 Å². The molecule has 0 saturated heterocycles. The van der Waals surface area contributed by atoms with Crippen molar-refractivity contribution in [2.75, 3.05) is 19.1 Å². The third-order valence-corrected chi connectivity index (χ3v) is 2.22. The van der Waals surface area contributed by atoms with Gasteiger partial charge in [0, 0.05) is 19.2 Å². The molecule has 0 aromatic rings. The Kier molecular flexibility index (Phi) is 6.40. The van der Waals surface area contributed by atoms with Crippen molar-refractivity contribution in [3.63, 3.8) is 0 Å². The maximum absolute atomic E-state index is 11.2. The highest BCUT2D eigenvalue weighted by Gasteiger charge is 2.17. The summed E-state index contributed by atoms with van der Waals surface area (Å²) in [6, 6.07) is -0.410. The number of nitrogens with one attached hydrogen (secondary N) is 2. The van der Waals surface area contributed by atoms with E-state index in [-0.39, 0.29) is 11.8 Å². The Hall–Kier alpha value is -0.710. The van der Waals surface area contributed by atoms with E-state index in [2.05, 4.69) is 10.6 Å². The Labute approximate surface area is 82.8 Å². The molecule has 0 heterocycles. The number of likely N-dealkylation sites (N-methyl/N-ethyl adjacent to an activating group) is 1. The monoisotopic (exact) mass is 204 g/mol. The molecule has 0 radical (unpaired) electrons. The predicted molar refractivity (Wildman–Crippen MR) is 54.7 cm³/mol. The van der Waals surface area contributed by atoms with E-state index in [1.807, 2.05) is 6.26 Å². The lowest BCUT2D eigenvalue weighted by molar-refractivity contribution is -0.128. The normalized spacial score (nSPS) is 11.9. The van der Waals surface area contributed by atoms with E-state index in [4.69, 9.17) is 0 Å². The number of carbonyl (C=O) groups excluding carboxylic acids is 2. The zero-order valence-electron chi connectivity index (χ0n) is 8.22. The van der Waals surface area contributed by atoms with Gasteiger partial charge in [-0.15, -0.1) is 0 Å². The molecule has 2 N–H and O–H groups in total. The summed E-state index contributed by atoms with van der Waals surface area (Å²) in [5.41, 5.74) is 0. The summed E-state index contributed by atoms with van der Waals surface area (Å²) in [4.78, 5) is 22.2. The predicted octanol–water partition coefficient (Wildman–Crippen LogP) is -0.00980. The Morgan fingerprint density at radius 1 is 1.46 bits per heavy atom. The Balaban J connectivity index is 4.08. The summed E-state index contributed by atoms with van der Waals surface area (Å²) in [5, 5.41) is 5.16. The summed E-state index contributed by atoms with van der Waals surface area (Å²) in [7, 11) is 1.56. The number of thioether (sulfide) groups is 1. The molecule has 76 valence electrons. The van der Waals surface area contributed by atoms with Crippen LogP contribution in [0.2, 0.25) is 0 Å². The molecule has 1 unspecified atom stereocenters. The van der Waals surface area contributed by atoms with Crippen LogP contribution in [0.4, 0.5) is 0 Å². The molecule has 0 aliphatic heterocycles. The number of carbonyl (C=O) groups is 2. The van der Waals surface area contributed by atoms with Crippen molar-refractivity contribution in [3.05, 3.63) is 0 Å².